The first-order chi connectivity index (χ1) is 17.9. The number of methoxy groups -OCH3 is 4. The molecular weight excluding hydrogens is 494 g/mol. The highest BCUT2D eigenvalue weighted by molar-refractivity contribution is 7.99. The maximum atomic E-state index is 11.7. The van der Waals surface area contributed by atoms with E-state index in [9.17, 15) is 4.79 Å². The Hall–Kier alpha value is -2.78. The van der Waals surface area contributed by atoms with Crippen molar-refractivity contribution in [1.82, 2.24) is 0 Å². The molecule has 9 heteroatoms. The van der Waals surface area contributed by atoms with Crippen LogP contribution in [0.5, 0.6) is 28.7 Å². The molecule has 0 spiro atoms. The summed E-state index contributed by atoms with van der Waals surface area (Å²) in [5, 5.41) is 0. The van der Waals surface area contributed by atoms with E-state index < -0.39 is 5.91 Å². The minimum atomic E-state index is -0.502. The van der Waals surface area contributed by atoms with Crippen molar-refractivity contribution < 1.29 is 33.2 Å². The van der Waals surface area contributed by atoms with Crippen LogP contribution < -0.4 is 29.4 Å². The van der Waals surface area contributed by atoms with Crippen molar-refractivity contribution in [3.05, 3.63) is 35.4 Å². The maximum Gasteiger partial charge on any atom is 0.243 e. The van der Waals surface area contributed by atoms with Gasteiger partial charge in [-0.25, -0.2) is 0 Å². The lowest BCUT2D eigenvalue weighted by atomic mass is 9.89. The number of ether oxygens (including phenoxy) is 6. The van der Waals surface area contributed by atoms with Gasteiger partial charge >= 0.3 is 0 Å². The van der Waals surface area contributed by atoms with E-state index in [1.165, 1.54) is 0 Å². The second-order valence-electron chi connectivity index (χ2n) is 8.82. The molecule has 0 unspecified atom stereocenters. The van der Waals surface area contributed by atoms with Crippen molar-refractivity contribution in [2.75, 3.05) is 47.4 Å². The van der Waals surface area contributed by atoms with Crippen molar-refractivity contribution in [3.8, 4) is 28.7 Å². The van der Waals surface area contributed by atoms with E-state index in [4.69, 9.17) is 34.2 Å². The Morgan fingerprint density at radius 3 is 1.86 bits per heavy atom. The number of rotatable bonds is 14. The van der Waals surface area contributed by atoms with E-state index >= 15 is 0 Å². The van der Waals surface area contributed by atoms with Crippen LogP contribution in [-0.2, 0) is 9.53 Å². The summed E-state index contributed by atoms with van der Waals surface area (Å²) in [4.78, 5) is 12.8. The topological polar surface area (TPSA) is 98.5 Å². The Morgan fingerprint density at radius 2 is 1.41 bits per heavy atom. The highest BCUT2D eigenvalue weighted by Crippen LogP contribution is 2.51. The van der Waals surface area contributed by atoms with Gasteiger partial charge in [0.05, 0.1) is 46.0 Å². The van der Waals surface area contributed by atoms with Gasteiger partial charge in [-0.3, -0.25) is 4.79 Å². The molecule has 0 saturated heterocycles. The molecule has 204 valence electrons. The first-order valence-corrected chi connectivity index (χ1v) is 13.6. The van der Waals surface area contributed by atoms with Crippen LogP contribution >= 0.6 is 11.8 Å². The summed E-state index contributed by atoms with van der Waals surface area (Å²) in [6.07, 6.45) is 2.46. The summed E-state index contributed by atoms with van der Waals surface area (Å²) in [7, 11) is 6.44. The van der Waals surface area contributed by atoms with Crippen molar-refractivity contribution in [2.24, 2.45) is 5.73 Å². The molecule has 1 aliphatic rings. The zero-order valence-electron chi connectivity index (χ0n) is 22.6. The Labute approximate surface area is 224 Å². The van der Waals surface area contributed by atoms with Crippen LogP contribution in [0.3, 0.4) is 0 Å². The smallest absolute Gasteiger partial charge is 0.243 e. The maximum absolute atomic E-state index is 11.7. The first kappa shape index (κ1) is 28.8. The molecule has 3 atom stereocenters. The third-order valence-corrected chi connectivity index (χ3v) is 7.78. The number of hydrogen-bond donors (Lipinski definition) is 1. The molecule has 2 aromatic rings. The highest BCUT2D eigenvalue weighted by Gasteiger charge is 2.40. The van der Waals surface area contributed by atoms with E-state index in [1.54, 1.807) is 40.2 Å². The predicted molar refractivity (Wildman–Crippen MR) is 145 cm³/mol. The molecule has 0 radical (unpaired) electrons. The number of primary amides is 1. The number of benzene rings is 2. The van der Waals surface area contributed by atoms with E-state index in [1.807, 2.05) is 25.1 Å². The highest BCUT2D eigenvalue weighted by atomic mass is 32.2. The molecule has 0 heterocycles. The van der Waals surface area contributed by atoms with Crippen LogP contribution in [0, 0.1) is 0 Å². The monoisotopic (exact) mass is 533 g/mol. The van der Waals surface area contributed by atoms with Crippen LogP contribution in [0.1, 0.15) is 56.1 Å². The van der Waals surface area contributed by atoms with Gasteiger partial charge in [0, 0.05) is 11.8 Å². The van der Waals surface area contributed by atoms with Gasteiger partial charge in [0.2, 0.25) is 11.7 Å². The quantitative estimate of drug-likeness (QED) is 0.333. The van der Waals surface area contributed by atoms with Crippen LogP contribution in [0.15, 0.2) is 29.2 Å². The molecule has 3 rings (SSSR count). The standard InChI is InChI=1S/C28H39NO7S/c1-7-11-37-24-15-18(14-23(33-5)28(24)35-8-2)20-10-9-19(26(20)36-16-25(29)30)17-12-21(31-3)27(34-6)22(13-17)32-4/h12-15,19-20,26H,7-11,16H2,1-6H3,(H2,29,30)/t19-,20-,26+/m1/s1. The van der Waals surface area contributed by atoms with Crippen molar-refractivity contribution in [2.45, 2.75) is 55.9 Å². The molecule has 2 aromatic carbocycles. The second kappa shape index (κ2) is 13.7. The molecule has 0 aromatic heterocycles. The van der Waals surface area contributed by atoms with E-state index in [2.05, 4.69) is 13.0 Å². The minimum absolute atomic E-state index is 0.0117. The molecule has 0 bridgehead atoms. The van der Waals surface area contributed by atoms with Crippen LogP contribution in [0.4, 0.5) is 0 Å². The van der Waals surface area contributed by atoms with Gasteiger partial charge in [-0.05, 0) is 67.3 Å². The number of hydrogen-bond acceptors (Lipinski definition) is 8. The summed E-state index contributed by atoms with van der Waals surface area (Å²) >= 11 is 1.75. The molecular formula is C28H39NO7S. The van der Waals surface area contributed by atoms with Crippen molar-refractivity contribution >= 4 is 17.7 Å². The van der Waals surface area contributed by atoms with Gasteiger partial charge in [0.25, 0.3) is 0 Å². The lowest BCUT2D eigenvalue weighted by Crippen LogP contribution is -2.28. The molecule has 1 fully saturated rings. The Balaban J connectivity index is 2.07. The molecule has 1 saturated carbocycles. The van der Waals surface area contributed by atoms with E-state index in [-0.39, 0.29) is 24.5 Å². The fraction of sp³-hybridized carbons (Fsp3) is 0.536. The summed E-state index contributed by atoms with van der Waals surface area (Å²) < 4.78 is 34.6. The Kier molecular flexibility index (Phi) is 10.6. The fourth-order valence-corrected chi connectivity index (χ4v) is 5.91. The van der Waals surface area contributed by atoms with E-state index in [0.29, 0.717) is 29.6 Å². The van der Waals surface area contributed by atoms with E-state index in [0.717, 1.165) is 46.8 Å². The van der Waals surface area contributed by atoms with Crippen molar-refractivity contribution in [3.63, 3.8) is 0 Å². The van der Waals surface area contributed by atoms with Gasteiger partial charge in [0.1, 0.15) is 6.61 Å². The number of thioether (sulfide) groups is 1. The summed E-state index contributed by atoms with van der Waals surface area (Å²) in [6, 6.07) is 8.12. The average Bonchev–Trinajstić information content (AvgIpc) is 3.34. The summed E-state index contributed by atoms with van der Waals surface area (Å²) in [5.74, 6) is 3.63. The number of nitrogens with two attached hydrogens (primary N) is 1. The Bertz CT molecular complexity index is 1040. The molecule has 0 aliphatic heterocycles. The predicted octanol–water partition coefficient (Wildman–Crippen LogP) is 5.15. The number of carbonyl (C=O) groups excluding carboxylic acids is 1. The fourth-order valence-electron chi connectivity index (χ4n) is 4.98. The molecule has 1 aliphatic carbocycles. The largest absolute Gasteiger partial charge is 0.493 e. The van der Waals surface area contributed by atoms with Gasteiger partial charge in [-0.1, -0.05) is 6.92 Å². The summed E-state index contributed by atoms with van der Waals surface area (Å²) in [6.45, 7) is 4.51. The van der Waals surface area contributed by atoms with Crippen LogP contribution in [0.25, 0.3) is 0 Å². The second-order valence-corrected chi connectivity index (χ2v) is 9.96. The molecule has 8 nitrogen and oxygen atoms in total. The minimum Gasteiger partial charge on any atom is -0.493 e. The SMILES string of the molecule is CCCSc1cc([C@H]2CC[C@H](c3cc(OC)c(OC)c(OC)c3)[C@@H]2OCC(N)=O)cc(OC)c1OCC. The summed E-state index contributed by atoms with van der Waals surface area (Å²) in [5.41, 5.74) is 7.56. The van der Waals surface area contributed by atoms with Gasteiger partial charge in [0.15, 0.2) is 23.0 Å². The zero-order chi connectivity index (χ0) is 26.9. The van der Waals surface area contributed by atoms with Crippen LogP contribution in [-0.4, -0.2) is 59.4 Å². The number of carbonyl (C=O) groups is 1. The third-order valence-electron chi connectivity index (χ3n) is 6.56. The van der Waals surface area contributed by atoms with Crippen molar-refractivity contribution in [1.29, 1.82) is 0 Å². The average molecular weight is 534 g/mol. The molecule has 2 N–H and O–H groups in total. The first-order valence-electron chi connectivity index (χ1n) is 12.6. The van der Waals surface area contributed by atoms with Gasteiger partial charge in [-0.15, -0.1) is 11.8 Å². The van der Waals surface area contributed by atoms with Crippen LogP contribution in [0.2, 0.25) is 0 Å². The van der Waals surface area contributed by atoms with Gasteiger partial charge in [-0.2, -0.15) is 0 Å². The van der Waals surface area contributed by atoms with Gasteiger partial charge < -0.3 is 34.2 Å². The molecule has 37 heavy (non-hydrogen) atoms. The third kappa shape index (κ3) is 6.57. The lowest BCUT2D eigenvalue weighted by molar-refractivity contribution is -0.125. The lowest BCUT2D eigenvalue weighted by Gasteiger charge is -2.27. The molecule has 1 amide bonds. The normalized spacial score (nSPS) is 18.9. The number of amides is 1. The zero-order valence-corrected chi connectivity index (χ0v) is 23.4. The Morgan fingerprint density at radius 1 is 0.865 bits per heavy atom.